The van der Waals surface area contributed by atoms with Gasteiger partial charge in [-0.2, -0.15) is 0 Å². The number of nitrogens with zero attached hydrogens (tertiary/aromatic N) is 4. The number of oxime groups is 1. The number of H-pyrrole nitrogens is 1. The van der Waals surface area contributed by atoms with Gasteiger partial charge in [-0.05, 0) is 50.2 Å². The molecule has 2 aliphatic rings. The Morgan fingerprint density at radius 1 is 1.21 bits per heavy atom. The Hall–Kier alpha value is -3.50. The van der Waals surface area contributed by atoms with E-state index in [9.17, 15) is 19.6 Å². The fraction of sp³-hybridized carbons (Fsp3) is 0.304. The van der Waals surface area contributed by atoms with E-state index in [2.05, 4.69) is 20.0 Å². The summed E-state index contributed by atoms with van der Waals surface area (Å²) < 4.78 is 14.0. The van der Waals surface area contributed by atoms with Gasteiger partial charge in [0.25, 0.3) is 5.69 Å². The third-order valence-corrected chi connectivity index (χ3v) is 5.98. The highest BCUT2D eigenvalue weighted by atomic mass is 35.5. The number of benzene rings is 2. The Kier molecular flexibility index (Phi) is 6.80. The van der Waals surface area contributed by atoms with Crippen LogP contribution in [0.4, 0.5) is 15.8 Å². The molecular weight excluding hydrogens is 465 g/mol. The molecule has 0 bridgehead atoms. The lowest BCUT2D eigenvalue weighted by molar-refractivity contribution is -0.384. The van der Waals surface area contributed by atoms with Crippen LogP contribution in [0.5, 0.6) is 5.88 Å². The Bertz CT molecular complexity index is 1300. The third-order valence-electron chi connectivity index (χ3n) is 5.98. The number of halogens is 2. The third kappa shape index (κ3) is 4.46. The number of rotatable bonds is 6. The molecule has 0 amide bonds. The van der Waals surface area contributed by atoms with Gasteiger partial charge in [-0.3, -0.25) is 15.0 Å². The smallest absolute Gasteiger partial charge is 0.270 e. The van der Waals surface area contributed by atoms with Crippen molar-refractivity contribution in [1.82, 2.24) is 9.88 Å². The molecule has 3 aromatic rings. The average Bonchev–Trinajstić information content (AvgIpc) is 3.32. The van der Waals surface area contributed by atoms with Crippen LogP contribution >= 0.6 is 12.4 Å². The van der Waals surface area contributed by atoms with Crippen molar-refractivity contribution in [2.24, 2.45) is 10.1 Å². The number of hydrogen-bond donors (Lipinski definition) is 2. The number of nitrogens with one attached hydrogen (secondary N) is 1. The normalized spacial score (nSPS) is 16.9. The average molecular weight is 488 g/mol. The van der Waals surface area contributed by atoms with E-state index in [1.807, 2.05) is 0 Å². The molecule has 3 heterocycles. The summed E-state index contributed by atoms with van der Waals surface area (Å²) in [6, 6.07) is 8.36. The van der Waals surface area contributed by atoms with Crippen LogP contribution in [0, 0.1) is 15.9 Å². The summed E-state index contributed by atoms with van der Waals surface area (Å²) in [5.74, 6) is -0.663. The maximum Gasteiger partial charge on any atom is 0.270 e. The fourth-order valence-corrected chi connectivity index (χ4v) is 4.35. The number of aromatic hydroxyl groups is 1. The quantitative estimate of drug-likeness (QED) is 0.297. The first-order valence-corrected chi connectivity index (χ1v) is 10.8. The van der Waals surface area contributed by atoms with E-state index in [0.717, 1.165) is 19.6 Å². The molecule has 0 aliphatic carbocycles. The number of non-ortho nitro benzene ring substituents is 1. The van der Waals surface area contributed by atoms with Gasteiger partial charge in [0.15, 0.2) is 5.88 Å². The lowest BCUT2D eigenvalue weighted by Gasteiger charge is -2.25. The van der Waals surface area contributed by atoms with Crippen LogP contribution in [-0.4, -0.2) is 57.6 Å². The summed E-state index contributed by atoms with van der Waals surface area (Å²) >= 11 is 0. The molecule has 0 saturated carbocycles. The fourth-order valence-electron chi connectivity index (χ4n) is 4.35. The van der Waals surface area contributed by atoms with Gasteiger partial charge in [0.05, 0.1) is 16.2 Å². The second kappa shape index (κ2) is 9.78. The Balaban J connectivity index is 0.00000274. The lowest BCUT2D eigenvalue weighted by atomic mass is 10.0. The van der Waals surface area contributed by atoms with Crippen molar-refractivity contribution < 1.29 is 19.3 Å². The first-order valence-electron chi connectivity index (χ1n) is 10.8. The number of fused-ring (bicyclic) bond motifs is 2. The molecule has 1 saturated heterocycles. The standard InChI is InChI=1S/C23H22FN5O4.ClH/c24-14-4-6-19-17(12-14)21(27-33-11-10-28-8-2-1-3-9-28)22(25-19)20-16-13-15(29(31)32)5-7-18(16)26-23(20)30;/h4-7,12-13,26,30H,1-3,8-11H2;1H/b27-21+;. The van der Waals surface area contributed by atoms with Crippen LogP contribution in [0.15, 0.2) is 46.5 Å². The summed E-state index contributed by atoms with van der Waals surface area (Å²) in [5, 5.41) is 26.6. The number of piperidine rings is 1. The van der Waals surface area contributed by atoms with Crippen LogP contribution in [0.3, 0.4) is 0 Å². The first-order chi connectivity index (χ1) is 16.0. The van der Waals surface area contributed by atoms with Crippen molar-refractivity contribution >= 4 is 46.1 Å². The number of hydrogen-bond acceptors (Lipinski definition) is 7. The lowest BCUT2D eigenvalue weighted by Crippen LogP contribution is -2.32. The second-order valence-electron chi connectivity index (χ2n) is 8.13. The SMILES string of the molecule is Cl.O=[N+]([O-])c1ccc2[nH]c(O)c(C3=Nc4ccc(F)cc4/C3=N\OCCN3CCCCC3)c2c1. The van der Waals surface area contributed by atoms with E-state index in [1.54, 1.807) is 0 Å². The van der Waals surface area contributed by atoms with Crippen molar-refractivity contribution in [3.63, 3.8) is 0 Å². The van der Waals surface area contributed by atoms with Gasteiger partial charge in [-0.25, -0.2) is 9.38 Å². The zero-order valence-electron chi connectivity index (χ0n) is 18.2. The molecule has 2 N–H and O–H groups in total. The van der Waals surface area contributed by atoms with E-state index in [1.165, 1.54) is 55.7 Å². The van der Waals surface area contributed by atoms with Crippen LogP contribution in [0.2, 0.25) is 0 Å². The predicted molar refractivity (Wildman–Crippen MR) is 129 cm³/mol. The molecule has 0 atom stereocenters. The van der Waals surface area contributed by atoms with Crippen LogP contribution < -0.4 is 0 Å². The largest absolute Gasteiger partial charge is 0.494 e. The first kappa shape index (κ1) is 23.7. The summed E-state index contributed by atoms with van der Waals surface area (Å²) in [6.07, 6.45) is 3.59. The number of likely N-dealkylation sites (tertiary alicyclic amines) is 1. The van der Waals surface area contributed by atoms with Crippen molar-refractivity contribution in [3.05, 3.63) is 63.5 Å². The van der Waals surface area contributed by atoms with Gasteiger partial charge in [0.2, 0.25) is 0 Å². The molecular formula is C23H23ClFN5O4. The van der Waals surface area contributed by atoms with Gasteiger partial charge in [-0.1, -0.05) is 11.6 Å². The highest BCUT2D eigenvalue weighted by Crippen LogP contribution is 2.37. The number of nitro benzene ring substituents is 1. The molecule has 2 aromatic carbocycles. The maximum absolute atomic E-state index is 14.0. The van der Waals surface area contributed by atoms with Crippen LogP contribution in [0.1, 0.15) is 30.4 Å². The van der Waals surface area contributed by atoms with Crippen molar-refractivity contribution in [1.29, 1.82) is 0 Å². The molecule has 2 aliphatic heterocycles. The van der Waals surface area contributed by atoms with Crippen LogP contribution in [0.25, 0.3) is 10.9 Å². The predicted octanol–water partition coefficient (Wildman–Crippen LogP) is 4.68. The Labute approximate surface area is 200 Å². The highest BCUT2D eigenvalue weighted by molar-refractivity contribution is 6.58. The zero-order valence-corrected chi connectivity index (χ0v) is 19.0. The van der Waals surface area contributed by atoms with Gasteiger partial charge >= 0.3 is 0 Å². The number of aliphatic imine (C=N–C) groups is 1. The topological polar surface area (TPSA) is 116 Å². The zero-order chi connectivity index (χ0) is 22.9. The molecule has 9 nitrogen and oxygen atoms in total. The van der Waals surface area contributed by atoms with E-state index < -0.39 is 10.7 Å². The molecule has 1 aromatic heterocycles. The number of nitro groups is 1. The van der Waals surface area contributed by atoms with Gasteiger partial charge in [-0.15, -0.1) is 12.4 Å². The Morgan fingerprint density at radius 3 is 2.76 bits per heavy atom. The minimum atomic E-state index is -0.507. The molecule has 11 heteroatoms. The van der Waals surface area contributed by atoms with Gasteiger partial charge < -0.3 is 14.9 Å². The molecule has 1 fully saturated rings. The molecule has 5 rings (SSSR count). The highest BCUT2D eigenvalue weighted by Gasteiger charge is 2.30. The minimum absolute atomic E-state index is 0. The van der Waals surface area contributed by atoms with E-state index in [-0.39, 0.29) is 41.0 Å². The van der Waals surface area contributed by atoms with E-state index in [0.29, 0.717) is 28.8 Å². The number of aromatic nitrogens is 1. The molecule has 0 spiro atoms. The van der Waals surface area contributed by atoms with Crippen LogP contribution in [-0.2, 0) is 4.84 Å². The van der Waals surface area contributed by atoms with Crippen molar-refractivity contribution in [2.45, 2.75) is 19.3 Å². The van der Waals surface area contributed by atoms with Gasteiger partial charge in [0.1, 0.15) is 23.8 Å². The minimum Gasteiger partial charge on any atom is -0.494 e. The molecule has 178 valence electrons. The number of aromatic amines is 1. The summed E-state index contributed by atoms with van der Waals surface area (Å²) in [4.78, 5) is 26.1. The van der Waals surface area contributed by atoms with E-state index in [4.69, 9.17) is 4.84 Å². The summed E-state index contributed by atoms with van der Waals surface area (Å²) in [5.41, 5.74) is 2.07. The van der Waals surface area contributed by atoms with Crippen molar-refractivity contribution in [3.8, 4) is 5.88 Å². The maximum atomic E-state index is 14.0. The molecule has 0 unspecified atom stereocenters. The second-order valence-corrected chi connectivity index (χ2v) is 8.13. The monoisotopic (exact) mass is 487 g/mol. The van der Waals surface area contributed by atoms with E-state index >= 15 is 0 Å². The molecule has 0 radical (unpaired) electrons. The van der Waals surface area contributed by atoms with Crippen molar-refractivity contribution in [2.75, 3.05) is 26.2 Å². The molecule has 34 heavy (non-hydrogen) atoms. The summed E-state index contributed by atoms with van der Waals surface area (Å²) in [6.45, 7) is 3.14. The van der Waals surface area contributed by atoms with Gasteiger partial charge in [0, 0.05) is 35.1 Å². The summed E-state index contributed by atoms with van der Waals surface area (Å²) in [7, 11) is 0. The Morgan fingerprint density at radius 2 is 2.00 bits per heavy atom.